The second-order valence-corrected chi connectivity index (χ2v) is 2.06. The van der Waals surface area contributed by atoms with Gasteiger partial charge in [0.15, 0.2) is 0 Å². The predicted molar refractivity (Wildman–Crippen MR) is 30.0 cm³/mol. The smallest absolute Gasteiger partial charge is 0.148 e. The van der Waals surface area contributed by atoms with Crippen LogP contribution in [-0.4, -0.2) is 24.8 Å². The lowest BCUT2D eigenvalue weighted by Crippen LogP contribution is -2.12. The molecule has 0 aromatic carbocycles. The summed E-state index contributed by atoms with van der Waals surface area (Å²) >= 11 is 0. The molecule has 1 rings (SSSR count). The first-order valence-corrected chi connectivity index (χ1v) is 2.93. The fourth-order valence-corrected chi connectivity index (χ4v) is 0.889. The molecule has 1 aliphatic heterocycles. The van der Waals surface area contributed by atoms with Crippen LogP contribution in [0.4, 0.5) is 0 Å². The lowest BCUT2D eigenvalue weighted by atomic mass is 10.2. The summed E-state index contributed by atoms with van der Waals surface area (Å²) < 4.78 is 4.92. The van der Waals surface area contributed by atoms with Crippen molar-refractivity contribution in [2.24, 2.45) is 0 Å². The molecule has 0 amide bonds. The molecule has 1 fully saturated rings. The van der Waals surface area contributed by atoms with Crippen molar-refractivity contribution in [2.45, 2.75) is 25.0 Å². The maximum Gasteiger partial charge on any atom is 0.148 e. The van der Waals surface area contributed by atoms with E-state index in [4.69, 9.17) is 4.74 Å². The number of aldehydes is 2. The summed E-state index contributed by atoms with van der Waals surface area (Å²) in [4.78, 5) is 20.1. The van der Waals surface area contributed by atoms with Crippen LogP contribution in [0.5, 0.6) is 0 Å². The van der Waals surface area contributed by atoms with Gasteiger partial charge in [-0.1, -0.05) is 0 Å². The highest BCUT2D eigenvalue weighted by atomic mass is 16.5. The Morgan fingerprint density at radius 1 is 1.11 bits per heavy atom. The highest BCUT2D eigenvalue weighted by Gasteiger charge is 2.23. The van der Waals surface area contributed by atoms with Crippen LogP contribution in [0.1, 0.15) is 12.8 Å². The fraction of sp³-hybridized carbons (Fsp3) is 0.667. The van der Waals surface area contributed by atoms with E-state index in [9.17, 15) is 9.59 Å². The topological polar surface area (TPSA) is 43.4 Å². The van der Waals surface area contributed by atoms with E-state index in [1.165, 1.54) is 0 Å². The summed E-state index contributed by atoms with van der Waals surface area (Å²) in [5.74, 6) is 0. The number of carbonyl (C=O) groups excluding carboxylic acids is 2. The fourth-order valence-electron chi connectivity index (χ4n) is 0.889. The van der Waals surface area contributed by atoms with Crippen LogP contribution in [0.3, 0.4) is 0 Å². The van der Waals surface area contributed by atoms with E-state index >= 15 is 0 Å². The number of hydrogen-bond acceptors (Lipinski definition) is 3. The summed E-state index contributed by atoms with van der Waals surface area (Å²) in [5.41, 5.74) is 0. The van der Waals surface area contributed by atoms with Gasteiger partial charge in [0, 0.05) is 0 Å². The highest BCUT2D eigenvalue weighted by Crippen LogP contribution is 2.15. The molecule has 1 heterocycles. The Kier molecular flexibility index (Phi) is 1.95. The first kappa shape index (κ1) is 6.42. The van der Waals surface area contributed by atoms with E-state index < -0.39 is 0 Å². The SMILES string of the molecule is O=C[C@@H]1CC[C@@H](C=O)O1. The predicted octanol–water partition coefficient (Wildman–Crippen LogP) is -0.0682. The zero-order valence-corrected chi connectivity index (χ0v) is 4.95. The maximum atomic E-state index is 10.0. The van der Waals surface area contributed by atoms with E-state index in [2.05, 4.69) is 0 Å². The van der Waals surface area contributed by atoms with Crippen LogP contribution >= 0.6 is 0 Å². The Labute approximate surface area is 53.0 Å². The Hall–Kier alpha value is -0.700. The minimum Gasteiger partial charge on any atom is -0.360 e. The maximum absolute atomic E-state index is 10.0. The van der Waals surface area contributed by atoms with Crippen molar-refractivity contribution >= 4 is 12.6 Å². The largest absolute Gasteiger partial charge is 0.360 e. The minimum atomic E-state index is -0.333. The van der Waals surface area contributed by atoms with Crippen LogP contribution in [0, 0.1) is 0 Å². The molecule has 0 radical (unpaired) electrons. The Bertz CT molecular complexity index is 107. The van der Waals surface area contributed by atoms with E-state index in [1.54, 1.807) is 0 Å². The summed E-state index contributed by atoms with van der Waals surface area (Å²) in [5, 5.41) is 0. The lowest BCUT2D eigenvalue weighted by Gasteiger charge is -1.99. The molecule has 0 saturated carbocycles. The second-order valence-electron chi connectivity index (χ2n) is 2.06. The van der Waals surface area contributed by atoms with Crippen LogP contribution < -0.4 is 0 Å². The normalized spacial score (nSPS) is 34.2. The number of ether oxygens (including phenoxy) is 1. The summed E-state index contributed by atoms with van der Waals surface area (Å²) in [6.45, 7) is 0. The van der Waals surface area contributed by atoms with Crippen LogP contribution in [0.15, 0.2) is 0 Å². The van der Waals surface area contributed by atoms with Crippen molar-refractivity contribution in [3.63, 3.8) is 0 Å². The molecule has 2 atom stereocenters. The summed E-state index contributed by atoms with van der Waals surface area (Å²) in [6, 6.07) is 0. The van der Waals surface area contributed by atoms with Crippen molar-refractivity contribution < 1.29 is 14.3 Å². The van der Waals surface area contributed by atoms with Gasteiger partial charge in [-0.05, 0) is 12.8 Å². The van der Waals surface area contributed by atoms with Gasteiger partial charge in [0.2, 0.25) is 0 Å². The third kappa shape index (κ3) is 1.36. The van der Waals surface area contributed by atoms with Crippen molar-refractivity contribution in [2.75, 3.05) is 0 Å². The summed E-state index contributed by atoms with van der Waals surface area (Å²) in [6.07, 6.45) is 2.19. The molecule has 0 aromatic rings. The highest BCUT2D eigenvalue weighted by molar-refractivity contribution is 5.61. The van der Waals surface area contributed by atoms with Gasteiger partial charge in [-0.15, -0.1) is 0 Å². The van der Waals surface area contributed by atoms with Gasteiger partial charge in [0.05, 0.1) is 0 Å². The first-order valence-electron chi connectivity index (χ1n) is 2.93. The van der Waals surface area contributed by atoms with Crippen LogP contribution in [-0.2, 0) is 14.3 Å². The standard InChI is InChI=1S/C6H8O3/c7-3-5-1-2-6(4-8)9-5/h3-6H,1-2H2/t5-,6-/m0/s1. The van der Waals surface area contributed by atoms with Gasteiger partial charge >= 0.3 is 0 Å². The molecule has 0 aliphatic carbocycles. The molecule has 3 heteroatoms. The molecule has 1 aliphatic rings. The second kappa shape index (κ2) is 2.73. The molecule has 0 unspecified atom stereocenters. The first-order chi connectivity index (χ1) is 4.36. The number of rotatable bonds is 2. The average Bonchev–Trinajstić information content (AvgIpc) is 2.34. The monoisotopic (exact) mass is 128 g/mol. The quantitative estimate of drug-likeness (QED) is 0.489. The van der Waals surface area contributed by atoms with Crippen molar-refractivity contribution in [1.29, 1.82) is 0 Å². The molecule has 50 valence electrons. The van der Waals surface area contributed by atoms with Crippen LogP contribution in [0.2, 0.25) is 0 Å². The third-order valence-electron chi connectivity index (χ3n) is 1.39. The van der Waals surface area contributed by atoms with Crippen LogP contribution in [0.25, 0.3) is 0 Å². The van der Waals surface area contributed by atoms with Gasteiger partial charge in [-0.25, -0.2) is 0 Å². The van der Waals surface area contributed by atoms with Gasteiger partial charge in [0.1, 0.15) is 24.8 Å². The molecule has 0 aromatic heterocycles. The third-order valence-corrected chi connectivity index (χ3v) is 1.39. The zero-order valence-electron chi connectivity index (χ0n) is 4.95. The van der Waals surface area contributed by atoms with Gasteiger partial charge in [-0.2, -0.15) is 0 Å². The van der Waals surface area contributed by atoms with E-state index in [0.29, 0.717) is 12.8 Å². The molecular weight excluding hydrogens is 120 g/mol. The Balaban J connectivity index is 2.36. The van der Waals surface area contributed by atoms with E-state index in [1.807, 2.05) is 0 Å². The van der Waals surface area contributed by atoms with Crippen molar-refractivity contribution in [1.82, 2.24) is 0 Å². The molecule has 3 nitrogen and oxygen atoms in total. The lowest BCUT2D eigenvalue weighted by molar-refractivity contribution is -0.123. The molecular formula is C6H8O3. The number of carbonyl (C=O) groups is 2. The molecule has 0 bridgehead atoms. The molecule has 9 heavy (non-hydrogen) atoms. The Morgan fingerprint density at radius 2 is 1.56 bits per heavy atom. The Morgan fingerprint density at radius 3 is 1.78 bits per heavy atom. The van der Waals surface area contributed by atoms with Crippen molar-refractivity contribution in [3.05, 3.63) is 0 Å². The molecule has 0 N–H and O–H groups in total. The molecule has 0 spiro atoms. The van der Waals surface area contributed by atoms with Gasteiger partial charge in [0.25, 0.3) is 0 Å². The van der Waals surface area contributed by atoms with Gasteiger partial charge in [-0.3, -0.25) is 0 Å². The van der Waals surface area contributed by atoms with E-state index in [0.717, 1.165) is 12.6 Å². The summed E-state index contributed by atoms with van der Waals surface area (Å²) in [7, 11) is 0. The average molecular weight is 128 g/mol. The molecule has 1 saturated heterocycles. The zero-order chi connectivity index (χ0) is 6.69. The van der Waals surface area contributed by atoms with Gasteiger partial charge < -0.3 is 14.3 Å². The van der Waals surface area contributed by atoms with Crippen molar-refractivity contribution in [3.8, 4) is 0 Å². The van der Waals surface area contributed by atoms with E-state index in [-0.39, 0.29) is 12.2 Å². The number of hydrogen-bond donors (Lipinski definition) is 0. The minimum absolute atomic E-state index is 0.333.